The van der Waals surface area contributed by atoms with Crippen LogP contribution in [0, 0.1) is 33.4 Å². The number of anilines is 1. The minimum atomic E-state index is -0.743. The van der Waals surface area contributed by atoms with Crippen LogP contribution in [0.2, 0.25) is 0 Å². The van der Waals surface area contributed by atoms with Crippen molar-refractivity contribution >= 4 is 44.6 Å². The van der Waals surface area contributed by atoms with Crippen LogP contribution in [0.1, 0.15) is 19.8 Å². The Morgan fingerprint density at radius 1 is 0.907 bits per heavy atom. The zero-order valence-electron chi connectivity index (χ0n) is 22.7. The first-order valence-corrected chi connectivity index (χ1v) is 14.3. The standard InChI is InChI=1S/C18H20F2N4O2S.C9H4F2N2O2S/c1-11(25)24-5-3-15(4-6-24)23(2)18(26)22-16-10-21-17(27-16)12-7-13(19)9-14(20)8-12;10-6-1-5(2-7(11)3-6)9-12-4-8(16-9)13(14)15/h7-10,15H,3-6H2,1-2H3,(H,22,26);1-4H. The zero-order valence-corrected chi connectivity index (χ0v) is 24.4. The second kappa shape index (κ2) is 13.7. The van der Waals surface area contributed by atoms with E-state index in [9.17, 15) is 37.3 Å². The summed E-state index contributed by atoms with van der Waals surface area (Å²) in [4.78, 5) is 44.9. The van der Waals surface area contributed by atoms with E-state index in [-0.39, 0.29) is 33.6 Å². The maximum absolute atomic E-state index is 13.4. The SMILES string of the molecule is CC(=O)N1CCC(N(C)C(=O)Nc2cnc(-c3cc(F)cc(F)c3)s2)CC1.O=[N+]([O-])c1cnc(-c2cc(F)cc(F)c2)s1. The molecule has 0 bridgehead atoms. The molecule has 3 heterocycles. The minimum Gasteiger partial charge on any atom is -0.343 e. The van der Waals surface area contributed by atoms with Gasteiger partial charge in [-0.1, -0.05) is 11.3 Å². The van der Waals surface area contributed by atoms with E-state index in [1.165, 1.54) is 18.3 Å². The summed E-state index contributed by atoms with van der Waals surface area (Å²) in [5.74, 6) is -2.79. The Kier molecular flexibility index (Phi) is 10.0. The summed E-state index contributed by atoms with van der Waals surface area (Å²) in [5.41, 5.74) is 0.513. The number of benzene rings is 2. The Balaban J connectivity index is 0.000000225. The number of hydrogen-bond acceptors (Lipinski definition) is 8. The Hall–Kier alpha value is -4.44. The van der Waals surface area contributed by atoms with Crippen LogP contribution in [-0.4, -0.2) is 62.8 Å². The Morgan fingerprint density at radius 2 is 1.40 bits per heavy atom. The summed E-state index contributed by atoms with van der Waals surface area (Å²) in [5, 5.41) is 14.1. The smallest absolute Gasteiger partial charge is 0.343 e. The molecule has 5 rings (SSSR count). The second-order valence-electron chi connectivity index (χ2n) is 9.38. The van der Waals surface area contributed by atoms with Gasteiger partial charge in [0.05, 0.1) is 11.1 Å². The summed E-state index contributed by atoms with van der Waals surface area (Å²) >= 11 is 1.91. The lowest BCUT2D eigenvalue weighted by molar-refractivity contribution is -0.380. The van der Waals surface area contributed by atoms with Gasteiger partial charge in [0.2, 0.25) is 5.91 Å². The quantitative estimate of drug-likeness (QED) is 0.151. The van der Waals surface area contributed by atoms with Crippen LogP contribution in [0.3, 0.4) is 0 Å². The van der Waals surface area contributed by atoms with E-state index in [1.807, 2.05) is 0 Å². The highest BCUT2D eigenvalue weighted by Gasteiger charge is 2.26. The van der Waals surface area contributed by atoms with Gasteiger partial charge in [-0.3, -0.25) is 20.2 Å². The first kappa shape index (κ1) is 31.5. The van der Waals surface area contributed by atoms with Gasteiger partial charge in [0.25, 0.3) is 0 Å². The van der Waals surface area contributed by atoms with E-state index in [0.29, 0.717) is 28.7 Å². The number of hydrogen-bond donors (Lipinski definition) is 1. The zero-order chi connectivity index (χ0) is 31.3. The van der Waals surface area contributed by atoms with Crippen molar-refractivity contribution in [2.75, 3.05) is 25.5 Å². The van der Waals surface area contributed by atoms with Gasteiger partial charge in [0.1, 0.15) is 44.5 Å². The normalized spacial score (nSPS) is 13.2. The van der Waals surface area contributed by atoms with Gasteiger partial charge < -0.3 is 9.80 Å². The van der Waals surface area contributed by atoms with Gasteiger partial charge in [-0.15, -0.1) is 0 Å². The first-order chi connectivity index (χ1) is 20.4. The largest absolute Gasteiger partial charge is 0.344 e. The molecule has 1 saturated heterocycles. The molecule has 0 aliphatic carbocycles. The van der Waals surface area contributed by atoms with Crippen molar-refractivity contribution in [3.05, 3.63) is 82.2 Å². The summed E-state index contributed by atoms with van der Waals surface area (Å²) in [6, 6.07) is 5.84. The molecule has 0 unspecified atom stereocenters. The maximum Gasteiger partial charge on any atom is 0.344 e. The maximum atomic E-state index is 13.4. The van der Waals surface area contributed by atoms with E-state index < -0.39 is 28.2 Å². The highest BCUT2D eigenvalue weighted by Crippen LogP contribution is 2.31. The van der Waals surface area contributed by atoms with Crippen molar-refractivity contribution in [3.63, 3.8) is 0 Å². The molecule has 1 N–H and O–H groups in total. The Morgan fingerprint density at radius 3 is 1.86 bits per heavy atom. The summed E-state index contributed by atoms with van der Waals surface area (Å²) in [6.07, 6.45) is 3.97. The molecule has 16 heteroatoms. The average molecular weight is 637 g/mol. The molecular weight excluding hydrogens is 612 g/mol. The molecular formula is C27H24F4N6O4S2. The number of amides is 3. The van der Waals surface area contributed by atoms with Crippen molar-refractivity contribution in [1.82, 2.24) is 19.8 Å². The molecule has 0 radical (unpaired) electrons. The molecule has 226 valence electrons. The number of nitro groups is 1. The molecule has 10 nitrogen and oxygen atoms in total. The van der Waals surface area contributed by atoms with Crippen LogP contribution in [0.15, 0.2) is 48.8 Å². The highest BCUT2D eigenvalue weighted by atomic mass is 32.1. The molecule has 1 aliphatic rings. The van der Waals surface area contributed by atoms with Crippen molar-refractivity contribution in [2.24, 2.45) is 0 Å². The van der Waals surface area contributed by atoms with E-state index in [0.717, 1.165) is 66.0 Å². The van der Waals surface area contributed by atoms with Gasteiger partial charge in [-0.2, -0.15) is 0 Å². The molecule has 1 fully saturated rings. The molecule has 2 aromatic carbocycles. The summed E-state index contributed by atoms with van der Waals surface area (Å²) < 4.78 is 52.5. The molecule has 2 aromatic heterocycles. The van der Waals surface area contributed by atoms with Crippen molar-refractivity contribution in [1.29, 1.82) is 0 Å². The number of carbonyl (C=O) groups excluding carboxylic acids is 2. The Labute approximate surface area is 250 Å². The molecule has 4 aromatic rings. The monoisotopic (exact) mass is 636 g/mol. The predicted molar refractivity (Wildman–Crippen MR) is 154 cm³/mol. The number of nitrogens with one attached hydrogen (secondary N) is 1. The van der Waals surface area contributed by atoms with E-state index in [4.69, 9.17) is 0 Å². The molecule has 1 aliphatic heterocycles. The number of rotatable bonds is 5. The second-order valence-corrected chi connectivity index (χ2v) is 11.4. The molecule has 0 spiro atoms. The van der Waals surface area contributed by atoms with Crippen LogP contribution in [0.4, 0.5) is 32.4 Å². The van der Waals surface area contributed by atoms with Gasteiger partial charge in [-0.05, 0) is 48.4 Å². The lowest BCUT2D eigenvalue weighted by Gasteiger charge is -2.36. The average Bonchev–Trinajstić information content (AvgIpc) is 3.63. The van der Waals surface area contributed by atoms with Crippen LogP contribution >= 0.6 is 22.7 Å². The molecule has 3 amide bonds. The number of thiazole rings is 2. The topological polar surface area (TPSA) is 122 Å². The minimum absolute atomic E-state index is 0.0466. The lowest BCUT2D eigenvalue weighted by atomic mass is 10.0. The number of piperidine rings is 1. The third kappa shape index (κ3) is 8.32. The fraction of sp³-hybridized carbons (Fsp3) is 0.259. The number of nitrogens with zero attached hydrogens (tertiary/aromatic N) is 5. The van der Waals surface area contributed by atoms with Crippen molar-refractivity contribution in [3.8, 4) is 21.1 Å². The van der Waals surface area contributed by atoms with Crippen molar-refractivity contribution in [2.45, 2.75) is 25.8 Å². The third-order valence-electron chi connectivity index (χ3n) is 6.41. The predicted octanol–water partition coefficient (Wildman–Crippen LogP) is 6.56. The number of carbonyl (C=O) groups is 2. The number of likely N-dealkylation sites (tertiary alicyclic amines) is 1. The van der Waals surface area contributed by atoms with Gasteiger partial charge in [-0.25, -0.2) is 32.3 Å². The lowest BCUT2D eigenvalue weighted by Crippen LogP contribution is -2.47. The van der Waals surface area contributed by atoms with Crippen molar-refractivity contribution < 1.29 is 32.1 Å². The first-order valence-electron chi connectivity index (χ1n) is 12.7. The van der Waals surface area contributed by atoms with Gasteiger partial charge in [0, 0.05) is 56.4 Å². The highest BCUT2D eigenvalue weighted by molar-refractivity contribution is 7.19. The number of urea groups is 1. The van der Waals surface area contributed by atoms with Crippen LogP contribution in [0.25, 0.3) is 21.1 Å². The van der Waals surface area contributed by atoms with E-state index in [1.54, 1.807) is 23.8 Å². The van der Waals surface area contributed by atoms with E-state index in [2.05, 4.69) is 15.3 Å². The number of aromatic nitrogens is 2. The third-order valence-corrected chi connectivity index (χ3v) is 8.37. The summed E-state index contributed by atoms with van der Waals surface area (Å²) in [6.45, 7) is 2.81. The van der Waals surface area contributed by atoms with Crippen LogP contribution in [0.5, 0.6) is 0 Å². The van der Waals surface area contributed by atoms with Gasteiger partial charge >= 0.3 is 11.0 Å². The van der Waals surface area contributed by atoms with Crippen LogP contribution in [-0.2, 0) is 4.79 Å². The van der Waals surface area contributed by atoms with Gasteiger partial charge in [0.15, 0.2) is 0 Å². The molecule has 0 saturated carbocycles. The Bertz CT molecular complexity index is 1600. The molecule has 0 atom stereocenters. The fourth-order valence-corrected chi connectivity index (χ4v) is 5.74. The van der Waals surface area contributed by atoms with Crippen LogP contribution < -0.4 is 5.32 Å². The molecule has 43 heavy (non-hydrogen) atoms. The van der Waals surface area contributed by atoms with E-state index >= 15 is 0 Å². The fourth-order valence-electron chi connectivity index (χ4n) is 4.23. The summed E-state index contributed by atoms with van der Waals surface area (Å²) in [7, 11) is 1.72. The number of halogens is 4.